The summed E-state index contributed by atoms with van der Waals surface area (Å²) in [4.78, 5) is 37.1. The maximum Gasteiger partial charge on any atom is 0.328 e. The van der Waals surface area contributed by atoms with Gasteiger partial charge in [0.25, 0.3) is 0 Å². The Morgan fingerprint density at radius 2 is 1.60 bits per heavy atom. The molecule has 11 heteroatoms. The Morgan fingerprint density at radius 3 is 2.33 bits per heavy atom. The van der Waals surface area contributed by atoms with Crippen LogP contribution in [0.2, 0.25) is 5.02 Å². The number of hydrogen-bond donors (Lipinski definition) is 2. The third kappa shape index (κ3) is 6.72. The highest BCUT2D eigenvalue weighted by Gasteiger charge is 2.45. The number of nitriles is 1. The predicted octanol–water partition coefficient (Wildman–Crippen LogP) is 8.81. The van der Waals surface area contributed by atoms with Crippen molar-refractivity contribution in [3.05, 3.63) is 89.2 Å². The number of benzene rings is 3. The van der Waals surface area contributed by atoms with Crippen molar-refractivity contribution in [1.82, 2.24) is 19.8 Å². The highest BCUT2D eigenvalue weighted by molar-refractivity contribution is 6.36. The van der Waals surface area contributed by atoms with E-state index in [2.05, 4.69) is 84.3 Å². The molecule has 3 amide bonds. The van der Waals surface area contributed by atoms with Crippen LogP contribution in [0.3, 0.4) is 0 Å². The van der Waals surface area contributed by atoms with Crippen molar-refractivity contribution in [2.24, 2.45) is 11.3 Å². The lowest BCUT2D eigenvalue weighted by molar-refractivity contribution is -0.120. The van der Waals surface area contributed by atoms with Gasteiger partial charge in [0.2, 0.25) is 5.91 Å². The third-order valence-corrected chi connectivity index (χ3v) is 14.5. The molecule has 4 saturated heterocycles. The number of nitrogens with one attached hydrogen (secondary N) is 2. The molecular formula is C46H51ClN8O2. The number of anilines is 3. The fourth-order valence-electron chi connectivity index (χ4n) is 11.0. The number of halogens is 1. The maximum absolute atomic E-state index is 12.6. The van der Waals surface area contributed by atoms with E-state index in [-0.39, 0.29) is 11.9 Å². The molecule has 1 aliphatic carbocycles. The number of piperidine rings is 2. The Morgan fingerprint density at radius 1 is 0.825 bits per heavy atom. The van der Waals surface area contributed by atoms with Crippen LogP contribution in [-0.4, -0.2) is 78.7 Å². The molecule has 2 N–H and O–H groups in total. The average Bonchev–Trinajstić information content (AvgIpc) is 3.87. The fraction of sp³-hybridized carbons (Fsp3) is 0.457. The summed E-state index contributed by atoms with van der Waals surface area (Å²) in [5, 5.41) is 14.5. The quantitative estimate of drug-likeness (QED) is 0.171. The maximum atomic E-state index is 12.6. The van der Waals surface area contributed by atoms with E-state index in [1.807, 2.05) is 18.2 Å². The number of fused-ring (bicyclic) bond motifs is 2. The summed E-state index contributed by atoms with van der Waals surface area (Å²) in [6, 6.07) is 24.2. The number of aromatic nitrogens is 2. The van der Waals surface area contributed by atoms with E-state index < -0.39 is 0 Å². The zero-order valence-corrected chi connectivity index (χ0v) is 33.3. The van der Waals surface area contributed by atoms with Crippen molar-refractivity contribution in [2.75, 3.05) is 67.1 Å². The van der Waals surface area contributed by atoms with Gasteiger partial charge in [-0.1, -0.05) is 29.8 Å². The number of carbonyl (C=O) groups is 2. The molecule has 4 aliphatic heterocycles. The molecular weight excluding hydrogens is 732 g/mol. The Hall–Kier alpha value is -4.98. The molecule has 0 unspecified atom stereocenters. The zero-order valence-electron chi connectivity index (χ0n) is 32.6. The third-order valence-electron chi connectivity index (χ3n) is 14.2. The molecule has 10 rings (SSSR count). The van der Waals surface area contributed by atoms with Gasteiger partial charge in [0.15, 0.2) is 0 Å². The molecule has 1 spiro atoms. The number of rotatable bonds is 7. The Labute approximate surface area is 339 Å². The van der Waals surface area contributed by atoms with Gasteiger partial charge < -0.3 is 24.3 Å². The number of imide groups is 1. The van der Waals surface area contributed by atoms with Crippen LogP contribution < -0.4 is 20.0 Å². The van der Waals surface area contributed by atoms with Gasteiger partial charge in [0, 0.05) is 99.1 Å². The van der Waals surface area contributed by atoms with Crippen LogP contribution in [-0.2, 0) is 4.79 Å². The first kappa shape index (κ1) is 36.4. The van der Waals surface area contributed by atoms with E-state index in [1.165, 1.54) is 62.1 Å². The summed E-state index contributed by atoms with van der Waals surface area (Å²) < 4.78 is 2.42. The van der Waals surface area contributed by atoms with Crippen molar-refractivity contribution in [1.29, 1.82) is 5.26 Å². The molecule has 2 aromatic heterocycles. The van der Waals surface area contributed by atoms with Crippen LogP contribution in [0.15, 0.2) is 73.1 Å². The van der Waals surface area contributed by atoms with Gasteiger partial charge in [-0.25, -0.2) is 4.79 Å². The van der Waals surface area contributed by atoms with Crippen molar-refractivity contribution >= 4 is 62.4 Å². The minimum Gasteiger partial charge on any atom is -0.370 e. The summed E-state index contributed by atoms with van der Waals surface area (Å²) in [5.74, 6) is 1.16. The number of aromatic amines is 1. The topological polar surface area (TPSA) is 104 Å². The highest BCUT2D eigenvalue weighted by atomic mass is 35.5. The van der Waals surface area contributed by atoms with E-state index in [1.54, 1.807) is 11.1 Å². The van der Waals surface area contributed by atoms with Crippen molar-refractivity contribution < 1.29 is 9.59 Å². The normalized spacial score (nSPS) is 21.4. The first-order chi connectivity index (χ1) is 27.8. The molecule has 3 aromatic carbocycles. The molecule has 0 radical (unpaired) electrons. The molecule has 0 atom stereocenters. The van der Waals surface area contributed by atoms with Crippen LogP contribution in [0, 0.1) is 22.7 Å². The van der Waals surface area contributed by atoms with Gasteiger partial charge in [-0.15, -0.1) is 0 Å². The van der Waals surface area contributed by atoms with E-state index in [9.17, 15) is 14.9 Å². The number of urea groups is 1. The van der Waals surface area contributed by atoms with Crippen molar-refractivity contribution in [3.8, 4) is 6.07 Å². The molecule has 57 heavy (non-hydrogen) atoms. The number of H-pyrrole nitrogens is 1. The van der Waals surface area contributed by atoms with Crippen LogP contribution in [0.25, 0.3) is 21.8 Å². The van der Waals surface area contributed by atoms with Crippen LogP contribution in [0.4, 0.5) is 21.9 Å². The molecule has 5 aromatic rings. The van der Waals surface area contributed by atoms with Crippen molar-refractivity contribution in [3.63, 3.8) is 0 Å². The van der Waals surface area contributed by atoms with Crippen molar-refractivity contribution in [2.45, 2.75) is 69.7 Å². The molecule has 6 heterocycles. The summed E-state index contributed by atoms with van der Waals surface area (Å²) in [5.41, 5.74) is 8.07. The zero-order chi connectivity index (χ0) is 38.7. The Balaban J connectivity index is 0.677. The van der Waals surface area contributed by atoms with Gasteiger partial charge in [0.05, 0.1) is 33.0 Å². The first-order valence-electron chi connectivity index (χ1n) is 21.1. The fourth-order valence-corrected chi connectivity index (χ4v) is 11.2. The smallest absolute Gasteiger partial charge is 0.328 e. The molecule has 5 aliphatic rings. The number of likely N-dealkylation sites (tertiary alicyclic amines) is 1. The number of hydrogen-bond acceptors (Lipinski definition) is 6. The van der Waals surface area contributed by atoms with Gasteiger partial charge in [-0.2, -0.15) is 5.26 Å². The first-order valence-corrected chi connectivity index (χ1v) is 21.5. The second-order valence-electron chi connectivity index (χ2n) is 17.5. The second-order valence-corrected chi connectivity index (χ2v) is 17.9. The molecule has 10 nitrogen and oxygen atoms in total. The van der Waals surface area contributed by atoms with Crippen LogP contribution in [0.1, 0.15) is 80.9 Å². The second kappa shape index (κ2) is 14.8. The van der Waals surface area contributed by atoms with E-state index >= 15 is 0 Å². The minimum atomic E-state index is -0.328. The van der Waals surface area contributed by atoms with Gasteiger partial charge in [-0.05, 0) is 111 Å². The van der Waals surface area contributed by atoms with E-state index in [0.29, 0.717) is 40.9 Å². The molecule has 5 fully saturated rings. The number of carbonyl (C=O) groups excluding carboxylic acids is 2. The summed E-state index contributed by atoms with van der Waals surface area (Å²) >= 11 is 6.47. The lowest BCUT2D eigenvalue weighted by atomic mass is 9.65. The Kier molecular flexibility index (Phi) is 9.41. The number of nitrogens with zero attached hydrogens (tertiary/aromatic N) is 6. The SMILES string of the molecule is N#Cc1c[nH]c2c(N3CCC(c4ccc(N5CC6(CCC(CN7CCC(n8ccc9c(N%10CCC(=O)NC%10=O)cccc98)CC7)CC6)C5)cc4)CC3)ccc(Cl)c12. The standard InChI is InChI=1S/C46H51ClN8O2/c47-38-8-9-41(44-43(38)34(26-48)27-49-44)52-22-12-33(13-23-52)32-4-6-35(7-5-32)53-29-46(30-53)18-10-31(11-19-46)28-51-20-14-36(15-21-51)54-24-16-37-39(54)2-1-3-40(37)55-25-17-42(56)50-45(55)57/h1-9,16,24,27,31,33,36,49H,10-15,17-23,25,28-30H2,(H,50,56,57). The summed E-state index contributed by atoms with van der Waals surface area (Å²) in [6.07, 6.45) is 14.2. The van der Waals surface area contributed by atoms with Gasteiger partial charge >= 0.3 is 6.03 Å². The number of amides is 3. The summed E-state index contributed by atoms with van der Waals surface area (Å²) in [7, 11) is 0. The van der Waals surface area contributed by atoms with E-state index in [4.69, 9.17) is 11.6 Å². The molecule has 0 bridgehead atoms. The minimum absolute atomic E-state index is 0.204. The molecule has 1 saturated carbocycles. The lowest BCUT2D eigenvalue weighted by Crippen LogP contribution is -2.58. The monoisotopic (exact) mass is 782 g/mol. The highest BCUT2D eigenvalue weighted by Crippen LogP contribution is 2.48. The average molecular weight is 783 g/mol. The van der Waals surface area contributed by atoms with Gasteiger partial charge in [-0.3, -0.25) is 15.0 Å². The largest absolute Gasteiger partial charge is 0.370 e. The Bertz CT molecular complexity index is 2350. The predicted molar refractivity (Wildman–Crippen MR) is 227 cm³/mol. The van der Waals surface area contributed by atoms with Crippen LogP contribution in [0.5, 0.6) is 0 Å². The summed E-state index contributed by atoms with van der Waals surface area (Å²) in [6.45, 7) is 8.27. The lowest BCUT2D eigenvalue weighted by Gasteiger charge is -2.55. The molecule has 294 valence electrons. The van der Waals surface area contributed by atoms with Gasteiger partial charge in [0.1, 0.15) is 6.07 Å². The van der Waals surface area contributed by atoms with E-state index in [0.717, 1.165) is 85.4 Å². The van der Waals surface area contributed by atoms with Crippen LogP contribution >= 0.6 is 11.6 Å².